The van der Waals surface area contributed by atoms with E-state index in [1.807, 2.05) is 0 Å². The lowest BCUT2D eigenvalue weighted by molar-refractivity contribution is -0.134. The van der Waals surface area contributed by atoms with E-state index in [0.29, 0.717) is 0 Å². The molecule has 1 aliphatic heterocycles. The number of esters is 1. The lowest BCUT2D eigenvalue weighted by Gasteiger charge is -2.46. The molecule has 0 radical (unpaired) electrons. The Kier molecular flexibility index (Phi) is 2.58. The van der Waals surface area contributed by atoms with E-state index in [-0.39, 0.29) is 29.2 Å². The maximum absolute atomic E-state index is 11.3. The van der Waals surface area contributed by atoms with Crippen LogP contribution in [0.3, 0.4) is 0 Å². The molecule has 0 aromatic carbocycles. The lowest BCUT2D eigenvalue weighted by atomic mass is 9.58. The van der Waals surface area contributed by atoms with E-state index in [9.17, 15) is 9.90 Å². The van der Waals surface area contributed by atoms with Gasteiger partial charge in [0.25, 0.3) is 0 Å². The van der Waals surface area contributed by atoms with E-state index < -0.39 is 0 Å². The Balaban J connectivity index is 1.88. The molecule has 4 heteroatoms. The fourth-order valence-electron chi connectivity index (χ4n) is 3.89. The van der Waals surface area contributed by atoms with Crippen molar-refractivity contribution in [2.45, 2.75) is 56.8 Å². The molecular formula is C14H20O4. The van der Waals surface area contributed by atoms with E-state index in [1.54, 1.807) is 6.08 Å². The van der Waals surface area contributed by atoms with E-state index in [1.165, 1.54) is 7.11 Å². The van der Waals surface area contributed by atoms with Crippen LogP contribution in [0.15, 0.2) is 11.6 Å². The highest BCUT2D eigenvalue weighted by Gasteiger charge is 2.72. The summed E-state index contributed by atoms with van der Waals surface area (Å²) in [7, 11) is 1.39. The number of hydrogen-bond acceptors (Lipinski definition) is 4. The van der Waals surface area contributed by atoms with Gasteiger partial charge in [0.05, 0.1) is 13.2 Å². The molecule has 0 bridgehead atoms. The Labute approximate surface area is 107 Å². The molecule has 0 amide bonds. The third-order valence-electron chi connectivity index (χ3n) is 5.20. The second kappa shape index (κ2) is 3.81. The normalized spacial score (nSPS) is 48.3. The van der Waals surface area contributed by atoms with Gasteiger partial charge in [0.2, 0.25) is 0 Å². The van der Waals surface area contributed by atoms with Crippen molar-refractivity contribution in [2.75, 3.05) is 7.11 Å². The van der Waals surface area contributed by atoms with Gasteiger partial charge in [-0.1, -0.05) is 6.92 Å². The first-order valence-electron chi connectivity index (χ1n) is 6.68. The number of aliphatic hydroxyl groups excluding tert-OH is 1. The second-order valence-electron chi connectivity index (χ2n) is 5.96. The summed E-state index contributed by atoms with van der Waals surface area (Å²) in [5.74, 6) is -0.310. The molecular weight excluding hydrogens is 232 g/mol. The third-order valence-corrected chi connectivity index (χ3v) is 5.20. The highest BCUT2D eigenvalue weighted by molar-refractivity contribution is 5.83. The molecule has 3 aliphatic rings. The fraction of sp³-hybridized carbons (Fsp3) is 0.786. The summed E-state index contributed by atoms with van der Waals surface area (Å²) in [6.45, 7) is 2.13. The van der Waals surface area contributed by atoms with Crippen molar-refractivity contribution < 1.29 is 19.4 Å². The zero-order valence-corrected chi connectivity index (χ0v) is 10.9. The maximum atomic E-state index is 11.3. The van der Waals surface area contributed by atoms with Crippen LogP contribution in [0, 0.1) is 5.41 Å². The van der Waals surface area contributed by atoms with Crippen LogP contribution < -0.4 is 0 Å². The van der Waals surface area contributed by atoms with Crippen LogP contribution in [0.1, 0.15) is 39.0 Å². The van der Waals surface area contributed by atoms with Crippen molar-refractivity contribution >= 4 is 5.97 Å². The van der Waals surface area contributed by atoms with Crippen LogP contribution in [0.2, 0.25) is 0 Å². The average molecular weight is 252 g/mol. The molecule has 4 atom stereocenters. The van der Waals surface area contributed by atoms with Gasteiger partial charge in [-0.3, -0.25) is 0 Å². The van der Waals surface area contributed by atoms with Gasteiger partial charge in [0, 0.05) is 11.5 Å². The Morgan fingerprint density at radius 3 is 3.06 bits per heavy atom. The summed E-state index contributed by atoms with van der Waals surface area (Å²) in [5.41, 5.74) is 0.667. The van der Waals surface area contributed by atoms with Crippen molar-refractivity contribution in [1.82, 2.24) is 0 Å². The van der Waals surface area contributed by atoms with Gasteiger partial charge in [-0.25, -0.2) is 4.79 Å². The number of aliphatic hydroxyl groups is 1. The summed E-state index contributed by atoms with van der Waals surface area (Å²) >= 11 is 0. The molecule has 100 valence electrons. The molecule has 0 aromatic rings. The van der Waals surface area contributed by atoms with E-state index in [4.69, 9.17) is 4.74 Å². The fourth-order valence-corrected chi connectivity index (χ4v) is 3.89. The molecule has 1 saturated heterocycles. The van der Waals surface area contributed by atoms with Gasteiger partial charge >= 0.3 is 5.97 Å². The summed E-state index contributed by atoms with van der Waals surface area (Å²) in [6, 6.07) is 0. The number of ether oxygens (including phenoxy) is 2. The third kappa shape index (κ3) is 1.42. The van der Waals surface area contributed by atoms with Crippen LogP contribution in [-0.4, -0.2) is 36.0 Å². The summed E-state index contributed by atoms with van der Waals surface area (Å²) in [6.07, 6.45) is 5.86. The predicted molar refractivity (Wildman–Crippen MR) is 64.9 cm³/mol. The van der Waals surface area contributed by atoms with Crippen molar-refractivity contribution in [2.24, 2.45) is 5.41 Å². The largest absolute Gasteiger partial charge is 0.466 e. The minimum absolute atomic E-state index is 0.0188. The molecule has 2 saturated carbocycles. The minimum Gasteiger partial charge on any atom is -0.466 e. The second-order valence-corrected chi connectivity index (χ2v) is 5.96. The van der Waals surface area contributed by atoms with Gasteiger partial charge < -0.3 is 14.6 Å². The standard InChI is InChI=1S/C14H20O4/c1-13-7-5-9(8-11(16)17-2)12-14(13,18-12)6-3-4-10(13)15/h8,10,12,15H,3-7H2,1-2H3/b9-8-/t10-,12+,13+,14+/m0/s1. The lowest BCUT2D eigenvalue weighted by Crippen LogP contribution is -2.52. The Bertz CT molecular complexity index is 416. The number of methoxy groups -OCH3 is 1. The number of carbonyl (C=O) groups excluding carboxylic acids is 1. The quantitative estimate of drug-likeness (QED) is 0.437. The SMILES string of the molecule is COC(=O)/C=C1/CC[C@]2(C)[C@@H](O)CCC[C@]23O[C@H]13. The zero-order chi connectivity index (χ0) is 13.0. The first kappa shape index (κ1) is 12.2. The summed E-state index contributed by atoms with van der Waals surface area (Å²) in [4.78, 5) is 11.3. The van der Waals surface area contributed by atoms with Crippen LogP contribution in [0.25, 0.3) is 0 Å². The molecule has 3 rings (SSSR count). The average Bonchev–Trinajstić information content (AvgIpc) is 3.08. The van der Waals surface area contributed by atoms with E-state index in [2.05, 4.69) is 11.7 Å². The van der Waals surface area contributed by atoms with Crippen LogP contribution in [0.4, 0.5) is 0 Å². The monoisotopic (exact) mass is 252 g/mol. The molecule has 3 fully saturated rings. The van der Waals surface area contributed by atoms with E-state index in [0.717, 1.165) is 37.7 Å². The maximum Gasteiger partial charge on any atom is 0.330 e. The molecule has 1 heterocycles. The Morgan fingerprint density at radius 1 is 1.56 bits per heavy atom. The van der Waals surface area contributed by atoms with Crippen molar-refractivity contribution in [3.63, 3.8) is 0 Å². The summed E-state index contributed by atoms with van der Waals surface area (Å²) < 4.78 is 10.6. The summed E-state index contributed by atoms with van der Waals surface area (Å²) in [5, 5.41) is 10.3. The van der Waals surface area contributed by atoms with Crippen molar-refractivity contribution in [1.29, 1.82) is 0 Å². The van der Waals surface area contributed by atoms with Gasteiger partial charge in [0.1, 0.15) is 11.7 Å². The topological polar surface area (TPSA) is 59.1 Å². The highest BCUT2D eigenvalue weighted by atomic mass is 16.6. The molecule has 0 unspecified atom stereocenters. The van der Waals surface area contributed by atoms with Gasteiger partial charge in [-0.15, -0.1) is 0 Å². The smallest absolute Gasteiger partial charge is 0.330 e. The molecule has 18 heavy (non-hydrogen) atoms. The number of epoxide rings is 1. The van der Waals surface area contributed by atoms with Crippen LogP contribution >= 0.6 is 0 Å². The molecule has 1 N–H and O–H groups in total. The van der Waals surface area contributed by atoms with Gasteiger partial charge in [-0.2, -0.15) is 0 Å². The van der Waals surface area contributed by atoms with Crippen LogP contribution in [-0.2, 0) is 14.3 Å². The van der Waals surface area contributed by atoms with Crippen LogP contribution in [0.5, 0.6) is 0 Å². The van der Waals surface area contributed by atoms with Crippen molar-refractivity contribution in [3.05, 3.63) is 11.6 Å². The minimum atomic E-state index is -0.310. The van der Waals surface area contributed by atoms with Gasteiger partial charge in [-0.05, 0) is 37.7 Å². The number of carbonyl (C=O) groups is 1. The predicted octanol–water partition coefficient (Wildman–Crippen LogP) is 1.57. The van der Waals surface area contributed by atoms with Crippen molar-refractivity contribution in [3.8, 4) is 0 Å². The number of rotatable bonds is 1. The highest BCUT2D eigenvalue weighted by Crippen LogP contribution is 2.65. The molecule has 0 aromatic heterocycles. The first-order valence-corrected chi connectivity index (χ1v) is 6.68. The Hall–Kier alpha value is -0.870. The molecule has 2 aliphatic carbocycles. The van der Waals surface area contributed by atoms with E-state index >= 15 is 0 Å². The first-order chi connectivity index (χ1) is 8.53. The zero-order valence-electron chi connectivity index (χ0n) is 10.9. The van der Waals surface area contributed by atoms with Gasteiger partial charge in [0.15, 0.2) is 0 Å². The molecule has 4 nitrogen and oxygen atoms in total. The number of hydrogen-bond donors (Lipinski definition) is 1. The Morgan fingerprint density at radius 2 is 2.33 bits per heavy atom. The molecule has 1 spiro atoms.